The van der Waals surface area contributed by atoms with Gasteiger partial charge in [-0.1, -0.05) is 60.7 Å². The molecular formula is C38H36N2OS2. The lowest BCUT2D eigenvalue weighted by atomic mass is 10.1. The van der Waals surface area contributed by atoms with E-state index in [4.69, 9.17) is 14.7 Å². The van der Waals surface area contributed by atoms with E-state index in [1.54, 1.807) is 0 Å². The molecule has 0 bridgehead atoms. The SMILES string of the molecule is CS(C)(c1ccccc1)c1ccc(-c2cccc(Oc3cccc(-c4ccc(S(C)(C)c5ccccc5)cn4)c3)c2)nc1. The summed E-state index contributed by atoms with van der Waals surface area (Å²) >= 11 is 0. The maximum Gasteiger partial charge on any atom is 0.128 e. The van der Waals surface area contributed by atoms with Crippen molar-refractivity contribution in [3.63, 3.8) is 0 Å². The molecule has 0 amide bonds. The molecule has 0 fully saturated rings. The third-order valence-corrected chi connectivity index (χ3v) is 13.6. The molecule has 43 heavy (non-hydrogen) atoms. The van der Waals surface area contributed by atoms with Crippen molar-refractivity contribution in [3.8, 4) is 34.0 Å². The summed E-state index contributed by atoms with van der Waals surface area (Å²) in [5, 5.41) is 0. The molecule has 0 saturated carbocycles. The molecule has 5 heteroatoms. The standard InChI is InChI=1S/C38H36N2OS2/c1-42(2,33-17-7-5-8-18-33)35-21-23-37(39-27-35)29-13-11-15-31(25-29)41-32-16-12-14-30(26-32)38-24-22-36(28-40-38)43(3,4)34-19-9-6-10-20-34/h5-28H,1-4H3. The lowest BCUT2D eigenvalue weighted by molar-refractivity contribution is 0.483. The highest BCUT2D eigenvalue weighted by Crippen LogP contribution is 2.57. The number of rotatable bonds is 8. The monoisotopic (exact) mass is 600 g/mol. The lowest BCUT2D eigenvalue weighted by Gasteiger charge is -2.31. The zero-order valence-electron chi connectivity index (χ0n) is 25.0. The predicted octanol–water partition coefficient (Wildman–Crippen LogP) is 10.6. The van der Waals surface area contributed by atoms with Gasteiger partial charge in [0, 0.05) is 33.3 Å². The minimum absolute atomic E-state index is 0.771. The summed E-state index contributed by atoms with van der Waals surface area (Å²) in [6.07, 6.45) is 13.3. The molecule has 6 aromatic rings. The second-order valence-electron chi connectivity index (χ2n) is 11.2. The van der Waals surface area contributed by atoms with Crippen LogP contribution in [0.1, 0.15) is 0 Å². The summed E-state index contributed by atoms with van der Waals surface area (Å²) in [7, 11) is -2.26. The van der Waals surface area contributed by atoms with Crippen molar-refractivity contribution < 1.29 is 4.74 Å². The molecule has 0 spiro atoms. The van der Waals surface area contributed by atoms with Gasteiger partial charge in [0.2, 0.25) is 0 Å². The van der Waals surface area contributed by atoms with Crippen molar-refractivity contribution in [2.24, 2.45) is 0 Å². The van der Waals surface area contributed by atoms with E-state index in [1.165, 1.54) is 19.6 Å². The minimum atomic E-state index is -1.13. The largest absolute Gasteiger partial charge is 0.457 e. The second kappa shape index (κ2) is 12.1. The van der Waals surface area contributed by atoms with Gasteiger partial charge in [0.25, 0.3) is 0 Å². The molecule has 0 unspecified atom stereocenters. The molecular weight excluding hydrogens is 565 g/mol. The van der Waals surface area contributed by atoms with Crippen LogP contribution in [-0.4, -0.2) is 35.0 Å². The summed E-state index contributed by atoms with van der Waals surface area (Å²) < 4.78 is 6.33. The predicted molar refractivity (Wildman–Crippen MR) is 184 cm³/mol. The van der Waals surface area contributed by atoms with E-state index in [-0.39, 0.29) is 0 Å². The van der Waals surface area contributed by atoms with Crippen molar-refractivity contribution in [1.82, 2.24) is 9.97 Å². The first-order chi connectivity index (χ1) is 20.8. The number of nitrogens with zero attached hydrogens (tertiary/aromatic N) is 2. The van der Waals surface area contributed by atoms with E-state index in [1.807, 2.05) is 48.8 Å². The Bertz CT molecular complexity index is 1680. The molecule has 0 aliphatic carbocycles. The van der Waals surface area contributed by atoms with Gasteiger partial charge in [-0.05, 0) is 108 Å². The van der Waals surface area contributed by atoms with E-state index in [0.29, 0.717) is 0 Å². The molecule has 2 heterocycles. The Balaban J connectivity index is 1.18. The van der Waals surface area contributed by atoms with Crippen molar-refractivity contribution in [3.05, 3.63) is 146 Å². The molecule has 0 N–H and O–H groups in total. The Morgan fingerprint density at radius 1 is 0.419 bits per heavy atom. The van der Waals surface area contributed by atoms with Gasteiger partial charge < -0.3 is 4.74 Å². The van der Waals surface area contributed by atoms with Crippen LogP contribution in [0, 0.1) is 0 Å². The van der Waals surface area contributed by atoms with E-state index in [0.717, 1.165) is 34.0 Å². The Hall–Kier alpha value is -4.32. The molecule has 0 aliphatic rings. The quantitative estimate of drug-likeness (QED) is 0.174. The number of hydrogen-bond donors (Lipinski definition) is 0. The number of ether oxygens (including phenoxy) is 1. The van der Waals surface area contributed by atoms with Crippen molar-refractivity contribution >= 4 is 20.1 Å². The van der Waals surface area contributed by atoms with Gasteiger partial charge in [-0.25, -0.2) is 0 Å². The maximum absolute atomic E-state index is 6.33. The molecule has 0 saturated heterocycles. The zero-order valence-corrected chi connectivity index (χ0v) is 26.6. The van der Waals surface area contributed by atoms with Gasteiger partial charge in [-0.3, -0.25) is 9.97 Å². The number of benzene rings is 4. The van der Waals surface area contributed by atoms with Crippen LogP contribution < -0.4 is 4.74 Å². The normalized spacial score (nSPS) is 12.5. The number of pyridine rings is 2. The van der Waals surface area contributed by atoms with Gasteiger partial charge >= 0.3 is 0 Å². The smallest absolute Gasteiger partial charge is 0.128 e. The Morgan fingerprint density at radius 2 is 0.837 bits per heavy atom. The molecule has 216 valence electrons. The van der Waals surface area contributed by atoms with Crippen LogP contribution >= 0.6 is 20.1 Å². The third kappa shape index (κ3) is 6.24. The summed E-state index contributed by atoms with van der Waals surface area (Å²) in [4.78, 5) is 14.9. The molecule has 2 aromatic heterocycles. The van der Waals surface area contributed by atoms with Crippen LogP contribution in [0.3, 0.4) is 0 Å². The fourth-order valence-electron chi connectivity index (χ4n) is 5.07. The van der Waals surface area contributed by atoms with E-state index >= 15 is 0 Å². The first-order valence-electron chi connectivity index (χ1n) is 14.2. The number of hydrogen-bond acceptors (Lipinski definition) is 3. The summed E-state index contributed by atoms with van der Waals surface area (Å²) in [6, 6.07) is 46.3. The van der Waals surface area contributed by atoms with Crippen LogP contribution in [0.25, 0.3) is 22.5 Å². The van der Waals surface area contributed by atoms with E-state index in [9.17, 15) is 0 Å². The average molecular weight is 601 g/mol. The molecule has 3 nitrogen and oxygen atoms in total. The van der Waals surface area contributed by atoms with Gasteiger partial charge in [-0.15, -0.1) is 0 Å². The Labute approximate surface area is 258 Å². The second-order valence-corrected chi connectivity index (χ2v) is 18.4. The van der Waals surface area contributed by atoms with Gasteiger partial charge in [0.05, 0.1) is 11.4 Å². The van der Waals surface area contributed by atoms with Crippen molar-refractivity contribution in [2.75, 3.05) is 25.0 Å². The highest BCUT2D eigenvalue weighted by Gasteiger charge is 2.19. The van der Waals surface area contributed by atoms with Crippen molar-refractivity contribution in [2.45, 2.75) is 19.6 Å². The molecule has 0 aliphatic heterocycles. The average Bonchev–Trinajstić information content (AvgIpc) is 3.06. The van der Waals surface area contributed by atoms with E-state index < -0.39 is 20.1 Å². The van der Waals surface area contributed by atoms with Crippen LogP contribution in [0.5, 0.6) is 11.5 Å². The lowest BCUT2D eigenvalue weighted by Crippen LogP contribution is -1.98. The molecule has 0 atom stereocenters. The third-order valence-electron chi connectivity index (χ3n) is 7.81. The maximum atomic E-state index is 6.33. The zero-order chi connectivity index (χ0) is 29.9. The number of aromatic nitrogens is 2. The summed E-state index contributed by atoms with van der Waals surface area (Å²) in [6.45, 7) is 0. The van der Waals surface area contributed by atoms with Crippen LogP contribution in [-0.2, 0) is 0 Å². The summed E-state index contributed by atoms with van der Waals surface area (Å²) in [5.41, 5.74) is 3.90. The van der Waals surface area contributed by atoms with Gasteiger partial charge in [0.1, 0.15) is 11.5 Å². The Kier molecular flexibility index (Phi) is 8.11. The van der Waals surface area contributed by atoms with Gasteiger partial charge in [-0.2, -0.15) is 20.1 Å². The molecule has 4 aromatic carbocycles. The highest BCUT2D eigenvalue weighted by atomic mass is 32.3. The van der Waals surface area contributed by atoms with Crippen LogP contribution in [0.4, 0.5) is 0 Å². The van der Waals surface area contributed by atoms with Crippen LogP contribution in [0.2, 0.25) is 0 Å². The van der Waals surface area contributed by atoms with E-state index in [2.05, 4.69) is 122 Å². The van der Waals surface area contributed by atoms with Gasteiger partial charge in [0.15, 0.2) is 0 Å². The minimum Gasteiger partial charge on any atom is -0.457 e. The fraction of sp³-hybridized carbons (Fsp3) is 0.105. The van der Waals surface area contributed by atoms with Crippen LogP contribution in [0.15, 0.2) is 165 Å². The molecule has 6 rings (SSSR count). The highest BCUT2D eigenvalue weighted by molar-refractivity contribution is 8.33. The fourth-order valence-corrected chi connectivity index (χ4v) is 8.74. The first kappa shape index (κ1) is 28.8. The molecule has 0 radical (unpaired) electrons. The summed E-state index contributed by atoms with van der Waals surface area (Å²) in [5.74, 6) is 1.54. The topological polar surface area (TPSA) is 35.0 Å². The Morgan fingerprint density at radius 3 is 1.21 bits per heavy atom. The van der Waals surface area contributed by atoms with Crippen molar-refractivity contribution in [1.29, 1.82) is 0 Å². The first-order valence-corrected chi connectivity index (χ1v) is 19.1.